The minimum Gasteiger partial charge on any atom is -0.483 e. The molecule has 0 fully saturated rings. The van der Waals surface area contributed by atoms with Crippen molar-refractivity contribution in [3.8, 4) is 11.5 Å². The maximum atomic E-state index is 12.0. The van der Waals surface area contributed by atoms with E-state index in [9.17, 15) is 35.9 Å². The molecule has 2 aromatic carbocycles. The third-order valence-corrected chi connectivity index (χ3v) is 4.76. The van der Waals surface area contributed by atoms with E-state index >= 15 is 0 Å². The predicted molar refractivity (Wildman–Crippen MR) is 125 cm³/mol. The van der Waals surface area contributed by atoms with Crippen LogP contribution in [0.2, 0.25) is 0 Å². The molecule has 0 bridgehead atoms. The lowest BCUT2D eigenvalue weighted by Crippen LogP contribution is -2.19. The fourth-order valence-corrected chi connectivity index (χ4v) is 2.95. The molecule has 0 saturated heterocycles. The van der Waals surface area contributed by atoms with Crippen molar-refractivity contribution < 1.29 is 55.2 Å². The summed E-state index contributed by atoms with van der Waals surface area (Å²) >= 11 is 1.82. The van der Waals surface area contributed by atoms with Gasteiger partial charge in [0.25, 0.3) is 0 Å². The fourth-order valence-electron chi connectivity index (χ4n) is 2.45. The molecule has 0 unspecified atom stereocenters. The summed E-state index contributed by atoms with van der Waals surface area (Å²) in [5, 5.41) is 8.56. The van der Waals surface area contributed by atoms with Gasteiger partial charge in [-0.1, -0.05) is 12.1 Å². The Morgan fingerprint density at radius 3 is 1.92 bits per heavy atom. The van der Waals surface area contributed by atoms with E-state index in [1.165, 1.54) is 36.4 Å². The van der Waals surface area contributed by atoms with E-state index in [2.05, 4.69) is 9.47 Å². The van der Waals surface area contributed by atoms with E-state index in [1.807, 2.05) is 22.6 Å². The Morgan fingerprint density at radius 2 is 1.39 bits per heavy atom. The summed E-state index contributed by atoms with van der Waals surface area (Å²) in [6, 6.07) is 8.59. The van der Waals surface area contributed by atoms with Gasteiger partial charge in [0.15, 0.2) is 13.2 Å². The first-order valence-electron chi connectivity index (χ1n) is 10.0. The van der Waals surface area contributed by atoms with Crippen molar-refractivity contribution in [2.45, 2.75) is 32.1 Å². The third kappa shape index (κ3) is 13.3. The van der Waals surface area contributed by atoms with Crippen LogP contribution in [0, 0.1) is 3.57 Å². The maximum Gasteiger partial charge on any atom is 0.422 e. The zero-order chi connectivity index (χ0) is 27.5. The molecule has 2 aromatic rings. The molecule has 2 rings (SSSR count). The van der Waals surface area contributed by atoms with Gasteiger partial charge in [-0.2, -0.15) is 26.3 Å². The number of rotatable bonds is 9. The standard InChI is InChI=1S/C12H14F3NO3.C10H8F3IO3/c1-2-18-11(17)6-8-3-4-9(16)10(5-8)19-7-12(13,14)15;11-10(12,13)5-17-8-3-6(4-9(15)16)1-2-7(8)14/h3-5H,2,6-7,16H2,1H3;1-3H,4-5H2,(H,15,16). The largest absolute Gasteiger partial charge is 0.483 e. The molecule has 36 heavy (non-hydrogen) atoms. The third-order valence-electron chi connectivity index (χ3n) is 3.87. The van der Waals surface area contributed by atoms with Crippen molar-refractivity contribution in [1.82, 2.24) is 0 Å². The van der Waals surface area contributed by atoms with Crippen LogP contribution in [0.15, 0.2) is 36.4 Å². The quantitative estimate of drug-likeness (QED) is 0.169. The molecule has 0 aliphatic heterocycles. The molecule has 0 amide bonds. The smallest absolute Gasteiger partial charge is 0.422 e. The zero-order valence-electron chi connectivity index (χ0n) is 18.7. The predicted octanol–water partition coefficient (Wildman–Crippen LogP) is 5.17. The fraction of sp³-hybridized carbons (Fsp3) is 0.364. The highest BCUT2D eigenvalue weighted by molar-refractivity contribution is 14.1. The van der Waals surface area contributed by atoms with Gasteiger partial charge in [0.2, 0.25) is 0 Å². The van der Waals surface area contributed by atoms with Gasteiger partial charge in [-0.15, -0.1) is 0 Å². The number of carboxylic acids is 1. The van der Waals surface area contributed by atoms with Gasteiger partial charge >= 0.3 is 24.3 Å². The number of alkyl halides is 6. The number of carbonyl (C=O) groups excluding carboxylic acids is 1. The van der Waals surface area contributed by atoms with Crippen LogP contribution in [-0.2, 0) is 27.2 Å². The van der Waals surface area contributed by atoms with Crippen molar-refractivity contribution in [3.05, 3.63) is 51.1 Å². The highest BCUT2D eigenvalue weighted by atomic mass is 127. The van der Waals surface area contributed by atoms with Crippen LogP contribution < -0.4 is 15.2 Å². The second-order valence-corrected chi connectivity index (χ2v) is 8.16. The number of halogens is 7. The Kier molecular flexibility index (Phi) is 12.1. The summed E-state index contributed by atoms with van der Waals surface area (Å²) in [6.45, 7) is -0.913. The SMILES string of the molecule is CCOC(=O)Cc1ccc(N)c(OCC(F)(F)F)c1.O=C(O)Cc1ccc(I)c(OCC(F)(F)F)c1. The van der Waals surface area contributed by atoms with Gasteiger partial charge in [-0.3, -0.25) is 9.59 Å². The molecule has 0 aliphatic rings. The molecule has 0 heterocycles. The van der Waals surface area contributed by atoms with Gasteiger partial charge in [0, 0.05) is 0 Å². The van der Waals surface area contributed by atoms with E-state index in [0.29, 0.717) is 14.7 Å². The lowest BCUT2D eigenvalue weighted by atomic mass is 10.1. The average Bonchev–Trinajstić information content (AvgIpc) is 2.73. The lowest BCUT2D eigenvalue weighted by Gasteiger charge is -2.12. The number of ether oxygens (including phenoxy) is 3. The zero-order valence-corrected chi connectivity index (χ0v) is 20.9. The highest BCUT2D eigenvalue weighted by Crippen LogP contribution is 2.26. The monoisotopic (exact) mass is 637 g/mol. The number of benzene rings is 2. The van der Waals surface area contributed by atoms with Crippen LogP contribution in [0.1, 0.15) is 18.1 Å². The van der Waals surface area contributed by atoms with Crippen LogP contribution in [0.25, 0.3) is 0 Å². The Balaban J connectivity index is 0.000000362. The molecule has 0 spiro atoms. The van der Waals surface area contributed by atoms with E-state index in [1.54, 1.807) is 6.92 Å². The summed E-state index contributed by atoms with van der Waals surface area (Å²) in [6.07, 6.45) is -9.15. The van der Waals surface area contributed by atoms with Crippen LogP contribution in [0.5, 0.6) is 11.5 Å². The van der Waals surface area contributed by atoms with E-state index < -0.39 is 37.5 Å². The van der Waals surface area contributed by atoms with Gasteiger partial charge in [-0.05, 0) is 64.9 Å². The van der Waals surface area contributed by atoms with Crippen molar-refractivity contribution in [2.24, 2.45) is 0 Å². The van der Waals surface area contributed by atoms with E-state index in [4.69, 9.17) is 15.6 Å². The number of carbonyl (C=O) groups is 2. The molecule has 0 aliphatic carbocycles. The summed E-state index contributed by atoms with van der Waals surface area (Å²) in [5.74, 6) is -1.57. The van der Waals surface area contributed by atoms with Gasteiger partial charge in [0.05, 0.1) is 28.7 Å². The molecule has 0 saturated carbocycles. The number of hydrogen-bond donors (Lipinski definition) is 2. The van der Waals surface area contributed by atoms with Crippen LogP contribution in [0.3, 0.4) is 0 Å². The minimum absolute atomic E-state index is 0.0432. The first-order valence-corrected chi connectivity index (χ1v) is 11.1. The summed E-state index contributed by atoms with van der Waals surface area (Å²) < 4.78 is 86.4. The van der Waals surface area contributed by atoms with Crippen molar-refractivity contribution in [3.63, 3.8) is 0 Å². The molecule has 0 atom stereocenters. The summed E-state index contributed by atoms with van der Waals surface area (Å²) in [4.78, 5) is 21.7. The molecular weight excluding hydrogens is 615 g/mol. The van der Waals surface area contributed by atoms with Crippen LogP contribution >= 0.6 is 22.6 Å². The summed E-state index contributed by atoms with van der Waals surface area (Å²) in [5.41, 5.74) is 6.46. The molecule has 3 N–H and O–H groups in total. The maximum absolute atomic E-state index is 12.0. The normalized spacial score (nSPS) is 11.2. The Bertz CT molecular complexity index is 1030. The highest BCUT2D eigenvalue weighted by Gasteiger charge is 2.29. The van der Waals surface area contributed by atoms with Crippen molar-refractivity contribution in [1.29, 1.82) is 0 Å². The number of nitrogen functional groups attached to an aromatic ring is 1. The van der Waals surface area contributed by atoms with Crippen molar-refractivity contribution >= 4 is 40.2 Å². The topological polar surface area (TPSA) is 108 Å². The molecule has 0 aromatic heterocycles. The van der Waals surface area contributed by atoms with Gasteiger partial charge < -0.3 is 25.1 Å². The van der Waals surface area contributed by atoms with Crippen molar-refractivity contribution in [2.75, 3.05) is 25.6 Å². The molecule has 0 radical (unpaired) electrons. The Hall–Kier alpha value is -2.91. The molecule has 14 heteroatoms. The first-order chi connectivity index (χ1) is 16.6. The number of aliphatic carboxylic acids is 1. The second-order valence-electron chi connectivity index (χ2n) is 7.00. The van der Waals surface area contributed by atoms with Gasteiger partial charge in [-0.25, -0.2) is 0 Å². The average molecular weight is 637 g/mol. The van der Waals surface area contributed by atoms with E-state index in [0.717, 1.165) is 0 Å². The second kappa shape index (κ2) is 14.0. The Morgan fingerprint density at radius 1 is 0.889 bits per heavy atom. The first kappa shape index (κ1) is 31.1. The molecule has 7 nitrogen and oxygen atoms in total. The summed E-state index contributed by atoms with van der Waals surface area (Å²) in [7, 11) is 0. The number of esters is 1. The van der Waals surface area contributed by atoms with Gasteiger partial charge in [0.1, 0.15) is 11.5 Å². The molecule has 200 valence electrons. The molecular formula is C22H22F6INO6. The lowest BCUT2D eigenvalue weighted by molar-refractivity contribution is -0.154. The van der Waals surface area contributed by atoms with Crippen LogP contribution in [0.4, 0.5) is 32.0 Å². The minimum atomic E-state index is -4.44. The van der Waals surface area contributed by atoms with E-state index in [-0.39, 0.29) is 36.6 Å². The number of carboxylic acid groups (broad SMARTS) is 1. The number of nitrogens with two attached hydrogens (primary N) is 1. The number of anilines is 1. The number of hydrogen-bond acceptors (Lipinski definition) is 6. The Labute approximate surface area is 215 Å². The van der Waals surface area contributed by atoms with Crippen LogP contribution in [-0.4, -0.2) is 49.2 Å².